The molecule has 1 aromatic carbocycles. The largest absolute Gasteiger partial charge is 0.463 e. The van der Waals surface area contributed by atoms with Crippen LogP contribution in [-0.2, 0) is 14.3 Å². The first-order valence-corrected chi connectivity index (χ1v) is 4.67. The van der Waals surface area contributed by atoms with E-state index in [0.717, 1.165) is 0 Å². The van der Waals surface area contributed by atoms with Crippen molar-refractivity contribution in [3.63, 3.8) is 0 Å². The molecule has 3 nitrogen and oxygen atoms in total. The highest BCUT2D eigenvalue weighted by atomic mass is 16.5. The van der Waals surface area contributed by atoms with Gasteiger partial charge in [-0.1, -0.05) is 30.3 Å². The van der Waals surface area contributed by atoms with Gasteiger partial charge >= 0.3 is 5.97 Å². The van der Waals surface area contributed by atoms with Crippen LogP contribution in [0.15, 0.2) is 36.4 Å². The first-order chi connectivity index (χ1) is 7.27. The molecule has 0 aromatic heterocycles. The maximum Gasteiger partial charge on any atom is 0.331 e. The van der Waals surface area contributed by atoms with Gasteiger partial charge in [-0.25, -0.2) is 4.79 Å². The Balaban J connectivity index is 2.89. The summed E-state index contributed by atoms with van der Waals surface area (Å²) in [5.74, 6) is -0.497. The molecular weight excluding hydrogens is 192 g/mol. The number of carbonyl (C=O) groups excluding carboxylic acids is 2. The molecule has 0 aliphatic carbocycles. The molecule has 0 aliphatic rings. The minimum Gasteiger partial charge on any atom is -0.463 e. The summed E-state index contributed by atoms with van der Waals surface area (Å²) in [6.07, 6.45) is 1.85. The van der Waals surface area contributed by atoms with Crippen LogP contribution < -0.4 is 0 Å². The van der Waals surface area contributed by atoms with Crippen molar-refractivity contribution >= 4 is 17.8 Å². The van der Waals surface area contributed by atoms with Gasteiger partial charge in [0, 0.05) is 11.6 Å². The Bertz CT molecular complexity index is 366. The smallest absolute Gasteiger partial charge is 0.331 e. The van der Waals surface area contributed by atoms with Gasteiger partial charge in [0.1, 0.15) is 0 Å². The van der Waals surface area contributed by atoms with E-state index in [1.807, 2.05) is 6.07 Å². The Morgan fingerprint density at radius 2 is 2.00 bits per heavy atom. The maximum absolute atomic E-state index is 11.1. The molecule has 0 saturated carbocycles. The number of benzene rings is 1. The third-order valence-corrected chi connectivity index (χ3v) is 1.79. The number of allylic oxidation sites excluding steroid dienone is 1. The lowest BCUT2D eigenvalue weighted by atomic mass is 10.1. The predicted octanol–water partition coefficient (Wildman–Crippen LogP) is 1.83. The average Bonchev–Trinajstić information content (AvgIpc) is 2.27. The fourth-order valence-electron chi connectivity index (χ4n) is 1.13. The van der Waals surface area contributed by atoms with E-state index in [1.54, 1.807) is 31.2 Å². The zero-order chi connectivity index (χ0) is 11.1. The number of hydrogen-bond acceptors (Lipinski definition) is 3. The van der Waals surface area contributed by atoms with Gasteiger partial charge in [-0.2, -0.15) is 0 Å². The van der Waals surface area contributed by atoms with E-state index >= 15 is 0 Å². The van der Waals surface area contributed by atoms with Crippen molar-refractivity contribution in [3.05, 3.63) is 42.0 Å². The second-order valence-corrected chi connectivity index (χ2v) is 2.84. The fraction of sp³-hybridized carbons (Fsp3) is 0.167. The third-order valence-electron chi connectivity index (χ3n) is 1.79. The fourth-order valence-corrected chi connectivity index (χ4v) is 1.13. The van der Waals surface area contributed by atoms with E-state index in [4.69, 9.17) is 4.74 Å². The molecule has 3 heteroatoms. The number of ether oxygens (including phenoxy) is 1. The molecule has 0 atom stereocenters. The van der Waals surface area contributed by atoms with E-state index in [-0.39, 0.29) is 0 Å². The van der Waals surface area contributed by atoms with Crippen molar-refractivity contribution in [3.8, 4) is 0 Å². The number of rotatable bonds is 4. The van der Waals surface area contributed by atoms with Crippen LogP contribution >= 0.6 is 0 Å². The Hall–Kier alpha value is -1.90. The molecule has 0 saturated heterocycles. The minimum atomic E-state index is -0.497. The Morgan fingerprint density at radius 1 is 1.33 bits per heavy atom. The van der Waals surface area contributed by atoms with Gasteiger partial charge < -0.3 is 4.74 Å². The summed E-state index contributed by atoms with van der Waals surface area (Å²) in [5, 5.41) is 0. The Morgan fingerprint density at radius 3 is 2.53 bits per heavy atom. The Kier molecular flexibility index (Phi) is 4.29. The molecule has 0 bridgehead atoms. The van der Waals surface area contributed by atoms with Gasteiger partial charge in [0.25, 0.3) is 0 Å². The zero-order valence-corrected chi connectivity index (χ0v) is 8.47. The van der Waals surface area contributed by atoms with Crippen molar-refractivity contribution in [2.75, 3.05) is 6.61 Å². The second kappa shape index (κ2) is 5.75. The lowest BCUT2D eigenvalue weighted by Gasteiger charge is -2.00. The molecule has 1 rings (SSSR count). The normalized spacial score (nSPS) is 10.9. The molecule has 0 radical (unpaired) electrons. The summed E-state index contributed by atoms with van der Waals surface area (Å²) in [5.41, 5.74) is 1.04. The molecule has 0 amide bonds. The monoisotopic (exact) mass is 204 g/mol. The highest BCUT2D eigenvalue weighted by molar-refractivity contribution is 6.12. The van der Waals surface area contributed by atoms with Crippen LogP contribution in [0.3, 0.4) is 0 Å². The topological polar surface area (TPSA) is 43.4 Å². The van der Waals surface area contributed by atoms with Crippen molar-refractivity contribution in [2.45, 2.75) is 6.92 Å². The predicted molar refractivity (Wildman–Crippen MR) is 57.1 cm³/mol. The van der Waals surface area contributed by atoms with Crippen LogP contribution in [0.1, 0.15) is 12.5 Å². The van der Waals surface area contributed by atoms with Crippen molar-refractivity contribution in [1.82, 2.24) is 0 Å². The molecule has 0 N–H and O–H groups in total. The summed E-state index contributed by atoms with van der Waals surface area (Å²) in [4.78, 5) is 21.9. The number of esters is 1. The summed E-state index contributed by atoms with van der Waals surface area (Å²) in [6.45, 7) is 2.02. The molecule has 78 valence electrons. The number of hydrogen-bond donors (Lipinski definition) is 0. The average molecular weight is 204 g/mol. The molecule has 0 fully saturated rings. The SMILES string of the molecule is CCOC(=O)C=C(C=O)c1ccccc1. The highest BCUT2D eigenvalue weighted by Gasteiger charge is 2.03. The minimum absolute atomic E-state index is 0.302. The third kappa shape index (κ3) is 3.38. The van der Waals surface area contributed by atoms with Crippen LogP contribution in [0, 0.1) is 0 Å². The molecular formula is C12H12O3. The van der Waals surface area contributed by atoms with E-state index in [2.05, 4.69) is 0 Å². The number of aldehydes is 1. The lowest BCUT2D eigenvalue weighted by Crippen LogP contribution is -2.01. The van der Waals surface area contributed by atoms with Crippen LogP contribution in [0.5, 0.6) is 0 Å². The second-order valence-electron chi connectivity index (χ2n) is 2.84. The van der Waals surface area contributed by atoms with Gasteiger partial charge in [0.2, 0.25) is 0 Å². The molecule has 0 spiro atoms. The summed E-state index contributed by atoms with van der Waals surface area (Å²) < 4.78 is 4.72. The van der Waals surface area contributed by atoms with Crippen LogP contribution in [0.4, 0.5) is 0 Å². The molecule has 1 aromatic rings. The zero-order valence-electron chi connectivity index (χ0n) is 8.47. The van der Waals surface area contributed by atoms with Gasteiger partial charge in [-0.05, 0) is 12.5 Å². The lowest BCUT2D eigenvalue weighted by molar-refractivity contribution is -0.137. The van der Waals surface area contributed by atoms with Crippen molar-refractivity contribution in [2.24, 2.45) is 0 Å². The van der Waals surface area contributed by atoms with E-state index in [1.165, 1.54) is 6.08 Å². The highest BCUT2D eigenvalue weighted by Crippen LogP contribution is 2.11. The molecule has 0 unspecified atom stereocenters. The number of carbonyl (C=O) groups is 2. The maximum atomic E-state index is 11.1. The van der Waals surface area contributed by atoms with Crippen LogP contribution in [0.25, 0.3) is 5.57 Å². The summed E-state index contributed by atoms with van der Waals surface area (Å²) >= 11 is 0. The van der Waals surface area contributed by atoms with Crippen molar-refractivity contribution < 1.29 is 14.3 Å². The van der Waals surface area contributed by atoms with Gasteiger partial charge in [0.15, 0.2) is 6.29 Å². The quantitative estimate of drug-likeness (QED) is 0.427. The molecule has 0 heterocycles. The summed E-state index contributed by atoms with van der Waals surface area (Å²) in [6, 6.07) is 8.98. The first kappa shape index (κ1) is 11.2. The van der Waals surface area contributed by atoms with E-state index < -0.39 is 5.97 Å². The van der Waals surface area contributed by atoms with Crippen LogP contribution in [-0.4, -0.2) is 18.9 Å². The standard InChI is InChI=1S/C12H12O3/c1-2-15-12(14)8-11(9-13)10-6-4-3-5-7-10/h3-9H,2H2,1H3. The van der Waals surface area contributed by atoms with Crippen LogP contribution in [0.2, 0.25) is 0 Å². The van der Waals surface area contributed by atoms with Crippen molar-refractivity contribution in [1.29, 1.82) is 0 Å². The van der Waals surface area contributed by atoms with Gasteiger partial charge in [-0.3, -0.25) is 4.79 Å². The first-order valence-electron chi connectivity index (χ1n) is 4.67. The van der Waals surface area contributed by atoms with E-state index in [0.29, 0.717) is 24.0 Å². The molecule has 15 heavy (non-hydrogen) atoms. The Labute approximate surface area is 88.4 Å². The molecule has 0 aliphatic heterocycles. The van der Waals surface area contributed by atoms with Gasteiger partial charge in [-0.15, -0.1) is 0 Å². The van der Waals surface area contributed by atoms with E-state index in [9.17, 15) is 9.59 Å². The summed E-state index contributed by atoms with van der Waals surface area (Å²) in [7, 11) is 0. The van der Waals surface area contributed by atoms with Gasteiger partial charge in [0.05, 0.1) is 6.61 Å².